The number of rotatable bonds is 5. The maximum Gasteiger partial charge on any atom is 0.490 e. The topological polar surface area (TPSA) is 86.7 Å². The van der Waals surface area contributed by atoms with Gasteiger partial charge in [-0.3, -0.25) is 0 Å². The molecule has 0 spiro atoms. The highest BCUT2D eigenvalue weighted by Gasteiger charge is 2.38. The van der Waals surface area contributed by atoms with Crippen molar-refractivity contribution in [2.75, 3.05) is 26.2 Å². The normalized spacial score (nSPS) is 17.5. The smallest absolute Gasteiger partial charge is 0.483 e. The zero-order valence-corrected chi connectivity index (χ0v) is 14.4. The van der Waals surface area contributed by atoms with Gasteiger partial charge in [-0.15, -0.1) is 0 Å². The summed E-state index contributed by atoms with van der Waals surface area (Å²) >= 11 is 0. The van der Waals surface area contributed by atoms with Crippen molar-refractivity contribution in [3.05, 3.63) is 30.4 Å². The summed E-state index contributed by atoms with van der Waals surface area (Å²) in [5.41, 5.74) is 4.29. The van der Waals surface area contributed by atoms with E-state index in [9.17, 15) is 17.6 Å². The molecule has 0 saturated carbocycles. The molecule has 3 N–H and O–H groups in total. The first-order valence-electron chi connectivity index (χ1n) is 8.21. The van der Waals surface area contributed by atoms with Crippen molar-refractivity contribution in [1.82, 2.24) is 20.7 Å². The Morgan fingerprint density at radius 3 is 2.37 bits per heavy atom. The van der Waals surface area contributed by atoms with Crippen molar-refractivity contribution in [2.24, 2.45) is 0 Å². The number of hydrogen-bond acceptors (Lipinski definition) is 6. The van der Waals surface area contributed by atoms with Gasteiger partial charge in [0.15, 0.2) is 5.75 Å². The third kappa shape index (κ3) is 6.36. The van der Waals surface area contributed by atoms with Crippen LogP contribution < -0.4 is 15.5 Å². The molecule has 1 aromatic heterocycles. The number of halogens is 4. The molecule has 3 rings (SSSR count). The first-order chi connectivity index (χ1) is 12.7. The number of nitrogens with zero attached hydrogens (tertiary/aromatic N) is 2. The largest absolute Gasteiger partial charge is 0.490 e. The predicted octanol–water partition coefficient (Wildman–Crippen LogP) is 1.78. The summed E-state index contributed by atoms with van der Waals surface area (Å²) in [7, 11) is 0. The second kappa shape index (κ2) is 9.00. The van der Waals surface area contributed by atoms with E-state index in [0.717, 1.165) is 26.2 Å². The van der Waals surface area contributed by atoms with Crippen molar-refractivity contribution in [2.45, 2.75) is 25.1 Å². The maximum atomic E-state index is 13.9. The lowest BCUT2D eigenvalue weighted by molar-refractivity contribution is -0.192. The average Bonchev–Trinajstić information content (AvgIpc) is 3.04. The molecule has 27 heavy (non-hydrogen) atoms. The van der Waals surface area contributed by atoms with Crippen molar-refractivity contribution in [3.63, 3.8) is 0 Å². The van der Waals surface area contributed by atoms with E-state index in [1.54, 1.807) is 12.1 Å². The second-order valence-electron chi connectivity index (χ2n) is 5.97. The number of carbonyl (C=O) groups is 1. The highest BCUT2D eigenvalue weighted by atomic mass is 19.4. The van der Waals surface area contributed by atoms with Crippen LogP contribution in [0.25, 0.3) is 5.70 Å². The van der Waals surface area contributed by atoms with Crippen LogP contribution in [0.15, 0.2) is 18.7 Å². The van der Waals surface area contributed by atoms with Gasteiger partial charge in [-0.2, -0.15) is 17.6 Å². The Morgan fingerprint density at radius 2 is 1.93 bits per heavy atom. The molecule has 0 radical (unpaired) electrons. The van der Waals surface area contributed by atoms with E-state index in [1.165, 1.54) is 12.8 Å². The Labute approximate surface area is 153 Å². The second-order valence-corrected chi connectivity index (χ2v) is 5.97. The summed E-state index contributed by atoms with van der Waals surface area (Å²) in [6.07, 6.45) is -2.70. The summed E-state index contributed by atoms with van der Waals surface area (Å²) in [5.74, 6) is -3.14. The van der Waals surface area contributed by atoms with E-state index < -0.39 is 18.1 Å². The van der Waals surface area contributed by atoms with Gasteiger partial charge in [0.05, 0.1) is 11.4 Å². The van der Waals surface area contributed by atoms with E-state index in [4.69, 9.17) is 14.6 Å². The van der Waals surface area contributed by atoms with Crippen LogP contribution in [0, 0.1) is 5.95 Å². The molecular formula is C16H20F4N4O3. The fourth-order valence-corrected chi connectivity index (χ4v) is 2.28. The molecule has 0 unspecified atom stereocenters. The molecule has 1 aromatic rings. The van der Waals surface area contributed by atoms with Gasteiger partial charge in [-0.25, -0.2) is 14.8 Å². The van der Waals surface area contributed by atoms with Crippen LogP contribution in [-0.4, -0.2) is 59.5 Å². The molecule has 0 aromatic carbocycles. The van der Waals surface area contributed by atoms with Crippen LogP contribution in [0.1, 0.15) is 18.5 Å². The number of hydrazine groups is 1. The highest BCUT2D eigenvalue weighted by Crippen LogP contribution is 2.20. The maximum absolute atomic E-state index is 13.9. The molecule has 2 aliphatic heterocycles. The van der Waals surface area contributed by atoms with Gasteiger partial charge >= 0.3 is 12.1 Å². The SMILES string of the molecule is C=C(NN1CCCC1)c1ccc(OC2CNC2)c(F)n1.O=C(O)C(F)(F)F. The Morgan fingerprint density at radius 1 is 1.33 bits per heavy atom. The molecule has 2 saturated heterocycles. The summed E-state index contributed by atoms with van der Waals surface area (Å²) in [4.78, 5) is 12.8. The standard InChI is InChI=1S/C14H19FN4O.C2HF3O2/c1-10(18-19-6-2-3-7-19)12-4-5-13(14(15)17-12)20-11-8-16-9-11;3-2(4,5)1(6)7/h4-5,11,16,18H,1-3,6-9H2;(H,6,7). The monoisotopic (exact) mass is 392 g/mol. The van der Waals surface area contributed by atoms with Crippen molar-refractivity contribution in [3.8, 4) is 5.75 Å². The van der Waals surface area contributed by atoms with E-state index in [0.29, 0.717) is 11.4 Å². The number of hydrogen-bond donors (Lipinski definition) is 3. The Balaban J connectivity index is 0.000000321. The van der Waals surface area contributed by atoms with Crippen LogP contribution in [-0.2, 0) is 4.79 Å². The van der Waals surface area contributed by atoms with Gasteiger partial charge in [0.1, 0.15) is 6.10 Å². The number of alkyl halides is 3. The summed E-state index contributed by atoms with van der Waals surface area (Å²) in [5, 5.41) is 12.3. The fourth-order valence-electron chi connectivity index (χ4n) is 2.28. The van der Waals surface area contributed by atoms with Crippen molar-refractivity contribution in [1.29, 1.82) is 0 Å². The number of pyridine rings is 1. The zero-order valence-electron chi connectivity index (χ0n) is 14.4. The number of nitrogens with one attached hydrogen (secondary N) is 2. The Kier molecular flexibility index (Phi) is 6.97. The molecule has 2 aliphatic rings. The van der Waals surface area contributed by atoms with Gasteiger partial charge < -0.3 is 20.6 Å². The molecule has 0 amide bonds. The third-order valence-electron chi connectivity index (χ3n) is 3.80. The van der Waals surface area contributed by atoms with Crippen LogP contribution in [0.3, 0.4) is 0 Å². The zero-order chi connectivity index (χ0) is 20.0. The van der Waals surface area contributed by atoms with Gasteiger partial charge in [-0.05, 0) is 25.0 Å². The minimum Gasteiger partial charge on any atom is -0.483 e. The lowest BCUT2D eigenvalue weighted by Crippen LogP contribution is -2.50. The van der Waals surface area contributed by atoms with Crippen LogP contribution >= 0.6 is 0 Å². The van der Waals surface area contributed by atoms with Crippen LogP contribution in [0.4, 0.5) is 17.6 Å². The number of carboxylic acid groups (broad SMARTS) is 1. The highest BCUT2D eigenvalue weighted by molar-refractivity contribution is 5.73. The molecule has 2 fully saturated rings. The lowest BCUT2D eigenvalue weighted by atomic mass is 10.2. The fraction of sp³-hybridized carbons (Fsp3) is 0.500. The van der Waals surface area contributed by atoms with Crippen LogP contribution in [0.2, 0.25) is 0 Å². The van der Waals surface area contributed by atoms with Crippen LogP contribution in [0.5, 0.6) is 5.75 Å². The minimum atomic E-state index is -5.08. The number of aromatic nitrogens is 1. The quantitative estimate of drug-likeness (QED) is 0.520. The van der Waals surface area contributed by atoms with Gasteiger partial charge in [0.25, 0.3) is 5.95 Å². The summed E-state index contributed by atoms with van der Waals surface area (Å²) in [6, 6.07) is 3.35. The third-order valence-corrected chi connectivity index (χ3v) is 3.80. The van der Waals surface area contributed by atoms with E-state index in [-0.39, 0.29) is 11.9 Å². The molecule has 7 nitrogen and oxygen atoms in total. The predicted molar refractivity (Wildman–Crippen MR) is 88.1 cm³/mol. The molecule has 0 bridgehead atoms. The Hall–Kier alpha value is -2.40. The van der Waals surface area contributed by atoms with Gasteiger partial charge in [0, 0.05) is 26.2 Å². The molecule has 0 atom stereocenters. The molecule has 150 valence electrons. The number of aliphatic carboxylic acids is 1. The van der Waals surface area contributed by atoms with Gasteiger partial charge in [0.2, 0.25) is 0 Å². The molecular weight excluding hydrogens is 372 g/mol. The summed E-state index contributed by atoms with van der Waals surface area (Å²) < 4.78 is 51.1. The lowest BCUT2D eigenvalue weighted by Gasteiger charge is -2.27. The van der Waals surface area contributed by atoms with Crippen molar-refractivity contribution >= 4 is 11.7 Å². The molecule has 3 heterocycles. The number of ether oxygens (including phenoxy) is 1. The minimum absolute atomic E-state index is 0.0445. The summed E-state index contributed by atoms with van der Waals surface area (Å²) in [6.45, 7) is 7.39. The average molecular weight is 392 g/mol. The first kappa shape index (κ1) is 20.9. The van der Waals surface area contributed by atoms with E-state index in [2.05, 4.69) is 27.3 Å². The van der Waals surface area contributed by atoms with E-state index in [1.807, 2.05) is 0 Å². The first-order valence-corrected chi connectivity index (χ1v) is 8.21. The van der Waals surface area contributed by atoms with Crippen molar-refractivity contribution < 1.29 is 32.2 Å². The van der Waals surface area contributed by atoms with Gasteiger partial charge in [-0.1, -0.05) is 6.58 Å². The molecule has 0 aliphatic carbocycles. The van der Waals surface area contributed by atoms with E-state index >= 15 is 0 Å². The number of carboxylic acids is 1. The Bertz CT molecular complexity index is 674. The molecule has 11 heteroatoms.